The first kappa shape index (κ1) is 16.5. The van der Waals surface area contributed by atoms with Crippen molar-refractivity contribution in [1.82, 2.24) is 5.32 Å². The molecule has 1 aliphatic carbocycles. The Balaban J connectivity index is 1.79. The Labute approximate surface area is 130 Å². The fraction of sp³-hybridized carbons (Fsp3) is 0.684. The fourth-order valence-corrected chi connectivity index (χ4v) is 3.12. The lowest BCUT2D eigenvalue weighted by molar-refractivity contribution is -0.00559. The van der Waals surface area contributed by atoms with Crippen LogP contribution in [0, 0.1) is 5.41 Å². The van der Waals surface area contributed by atoms with Crippen molar-refractivity contribution in [3.05, 3.63) is 35.4 Å². The number of hydrogen-bond donors (Lipinski definition) is 1. The maximum absolute atomic E-state index is 6.10. The third-order valence-electron chi connectivity index (χ3n) is 4.83. The summed E-state index contributed by atoms with van der Waals surface area (Å²) in [5, 5.41) is 3.23. The molecule has 0 heterocycles. The molecule has 0 spiro atoms. The molecule has 1 unspecified atom stereocenters. The number of hydrogen-bond acceptors (Lipinski definition) is 2. The maximum Gasteiger partial charge on any atom is 0.0720 e. The van der Waals surface area contributed by atoms with Gasteiger partial charge in [0.05, 0.1) is 12.7 Å². The van der Waals surface area contributed by atoms with Gasteiger partial charge in [0.25, 0.3) is 0 Å². The Morgan fingerprint density at radius 2 is 1.81 bits per heavy atom. The molecule has 1 aliphatic rings. The normalized spacial score (nSPS) is 20.4. The molecule has 118 valence electrons. The molecular formula is C19H31NO. The molecule has 1 fully saturated rings. The first-order valence-corrected chi connectivity index (χ1v) is 8.35. The van der Waals surface area contributed by atoms with Crippen LogP contribution in [0.4, 0.5) is 0 Å². The van der Waals surface area contributed by atoms with Gasteiger partial charge in [0.1, 0.15) is 0 Å². The highest BCUT2D eigenvalue weighted by Crippen LogP contribution is 2.36. The van der Waals surface area contributed by atoms with Gasteiger partial charge in [0, 0.05) is 6.54 Å². The lowest BCUT2D eigenvalue weighted by Gasteiger charge is -2.34. The molecule has 1 N–H and O–H groups in total. The Hall–Kier alpha value is -0.860. The van der Waals surface area contributed by atoms with Gasteiger partial charge in [0.15, 0.2) is 0 Å². The molecule has 2 rings (SSSR count). The number of rotatable bonds is 6. The van der Waals surface area contributed by atoms with Crippen LogP contribution < -0.4 is 5.32 Å². The van der Waals surface area contributed by atoms with Gasteiger partial charge in [-0.1, -0.05) is 45.0 Å². The quantitative estimate of drug-likeness (QED) is 0.833. The van der Waals surface area contributed by atoms with Crippen LogP contribution >= 0.6 is 0 Å². The minimum absolute atomic E-state index is 0.459. The highest BCUT2D eigenvalue weighted by Gasteiger charge is 2.27. The average molecular weight is 289 g/mol. The molecule has 2 heteroatoms. The molecule has 0 bridgehead atoms. The first-order valence-electron chi connectivity index (χ1n) is 8.35. The predicted molar refractivity (Wildman–Crippen MR) is 89.6 cm³/mol. The summed E-state index contributed by atoms with van der Waals surface area (Å²) < 4.78 is 6.10. The van der Waals surface area contributed by atoms with Gasteiger partial charge in [-0.3, -0.25) is 0 Å². The standard InChI is InChI=1S/C19H31NO/c1-15(13-20-4)17-7-5-16(6-8-17)14-21-18-9-11-19(2,3)12-10-18/h5-8,15,18,20H,9-14H2,1-4H3. The van der Waals surface area contributed by atoms with E-state index in [1.165, 1.54) is 36.8 Å². The van der Waals surface area contributed by atoms with Gasteiger partial charge in [-0.05, 0) is 55.2 Å². The zero-order chi connectivity index (χ0) is 15.3. The van der Waals surface area contributed by atoms with Crippen LogP contribution in [0.3, 0.4) is 0 Å². The molecule has 1 saturated carbocycles. The van der Waals surface area contributed by atoms with Gasteiger partial charge >= 0.3 is 0 Å². The van der Waals surface area contributed by atoms with Crippen LogP contribution in [-0.4, -0.2) is 19.7 Å². The van der Waals surface area contributed by atoms with E-state index in [1.54, 1.807) is 0 Å². The van der Waals surface area contributed by atoms with E-state index in [0.717, 1.165) is 13.2 Å². The van der Waals surface area contributed by atoms with Gasteiger partial charge in [-0.15, -0.1) is 0 Å². The number of nitrogens with one attached hydrogen (secondary N) is 1. The van der Waals surface area contributed by atoms with Crippen molar-refractivity contribution < 1.29 is 4.74 Å². The van der Waals surface area contributed by atoms with Crippen molar-refractivity contribution in [2.75, 3.05) is 13.6 Å². The summed E-state index contributed by atoms with van der Waals surface area (Å²) in [6.45, 7) is 8.77. The molecule has 1 aromatic rings. The minimum atomic E-state index is 0.459. The van der Waals surface area contributed by atoms with E-state index in [9.17, 15) is 0 Å². The van der Waals surface area contributed by atoms with Crippen LogP contribution in [-0.2, 0) is 11.3 Å². The number of ether oxygens (including phenoxy) is 1. The third kappa shape index (κ3) is 5.12. The van der Waals surface area contributed by atoms with E-state index in [-0.39, 0.29) is 0 Å². The third-order valence-corrected chi connectivity index (χ3v) is 4.83. The monoisotopic (exact) mass is 289 g/mol. The zero-order valence-electron chi connectivity index (χ0n) is 14.1. The number of likely N-dealkylation sites (N-methyl/N-ethyl adjacent to an activating group) is 1. The van der Waals surface area contributed by atoms with E-state index in [1.807, 2.05) is 7.05 Å². The highest BCUT2D eigenvalue weighted by atomic mass is 16.5. The lowest BCUT2D eigenvalue weighted by Crippen LogP contribution is -2.26. The van der Waals surface area contributed by atoms with Crippen LogP contribution in [0.1, 0.15) is 63.5 Å². The van der Waals surface area contributed by atoms with Crippen molar-refractivity contribution in [3.8, 4) is 0 Å². The topological polar surface area (TPSA) is 21.3 Å². The second-order valence-corrected chi connectivity index (χ2v) is 7.37. The molecule has 2 nitrogen and oxygen atoms in total. The summed E-state index contributed by atoms with van der Waals surface area (Å²) in [4.78, 5) is 0. The van der Waals surface area contributed by atoms with Crippen LogP contribution in [0.25, 0.3) is 0 Å². The molecule has 21 heavy (non-hydrogen) atoms. The van der Waals surface area contributed by atoms with E-state index < -0.39 is 0 Å². The van der Waals surface area contributed by atoms with E-state index in [0.29, 0.717) is 17.4 Å². The molecule has 1 atom stereocenters. The van der Waals surface area contributed by atoms with Crippen molar-refractivity contribution in [2.45, 2.75) is 65.1 Å². The van der Waals surface area contributed by atoms with Gasteiger partial charge < -0.3 is 10.1 Å². The van der Waals surface area contributed by atoms with Crippen molar-refractivity contribution in [1.29, 1.82) is 0 Å². The van der Waals surface area contributed by atoms with E-state index >= 15 is 0 Å². The largest absolute Gasteiger partial charge is 0.374 e. The summed E-state index contributed by atoms with van der Waals surface area (Å²) in [6, 6.07) is 8.91. The summed E-state index contributed by atoms with van der Waals surface area (Å²) >= 11 is 0. The first-order chi connectivity index (χ1) is 10.00. The Morgan fingerprint density at radius 3 is 2.38 bits per heavy atom. The van der Waals surface area contributed by atoms with Gasteiger partial charge in [-0.2, -0.15) is 0 Å². The second kappa shape index (κ2) is 7.42. The van der Waals surface area contributed by atoms with Gasteiger partial charge in [0.2, 0.25) is 0 Å². The van der Waals surface area contributed by atoms with Crippen LogP contribution in [0.15, 0.2) is 24.3 Å². The van der Waals surface area contributed by atoms with Crippen molar-refractivity contribution >= 4 is 0 Å². The Bertz CT molecular complexity index is 414. The Morgan fingerprint density at radius 1 is 1.19 bits per heavy atom. The summed E-state index contributed by atoms with van der Waals surface area (Å²) in [5.74, 6) is 0.561. The van der Waals surface area contributed by atoms with Crippen LogP contribution in [0.5, 0.6) is 0 Å². The maximum atomic E-state index is 6.10. The Kier molecular flexibility index (Phi) is 5.83. The molecule has 0 saturated heterocycles. The SMILES string of the molecule is CNCC(C)c1ccc(COC2CCC(C)(C)CC2)cc1. The molecule has 0 aliphatic heterocycles. The fourth-order valence-electron chi connectivity index (χ4n) is 3.12. The van der Waals surface area contributed by atoms with Crippen molar-refractivity contribution in [2.24, 2.45) is 5.41 Å². The average Bonchev–Trinajstić information content (AvgIpc) is 2.47. The molecule has 0 aromatic heterocycles. The predicted octanol–water partition coefficient (Wildman–Crippen LogP) is 4.49. The number of benzene rings is 1. The van der Waals surface area contributed by atoms with E-state index in [2.05, 4.69) is 50.4 Å². The zero-order valence-corrected chi connectivity index (χ0v) is 14.1. The highest BCUT2D eigenvalue weighted by molar-refractivity contribution is 5.24. The molecule has 0 amide bonds. The van der Waals surface area contributed by atoms with Gasteiger partial charge in [-0.25, -0.2) is 0 Å². The lowest BCUT2D eigenvalue weighted by atomic mass is 9.76. The summed E-state index contributed by atoms with van der Waals surface area (Å²) in [5.41, 5.74) is 3.21. The van der Waals surface area contributed by atoms with Crippen molar-refractivity contribution in [3.63, 3.8) is 0 Å². The molecule has 1 aromatic carbocycles. The second-order valence-electron chi connectivity index (χ2n) is 7.37. The summed E-state index contributed by atoms with van der Waals surface area (Å²) in [7, 11) is 2.00. The molecular weight excluding hydrogens is 258 g/mol. The summed E-state index contributed by atoms with van der Waals surface area (Å²) in [6.07, 6.45) is 5.46. The molecule has 0 radical (unpaired) electrons. The minimum Gasteiger partial charge on any atom is -0.374 e. The van der Waals surface area contributed by atoms with E-state index in [4.69, 9.17) is 4.74 Å². The van der Waals surface area contributed by atoms with Crippen LogP contribution in [0.2, 0.25) is 0 Å². The smallest absolute Gasteiger partial charge is 0.0720 e.